The highest BCUT2D eigenvalue weighted by molar-refractivity contribution is 7.89. The summed E-state index contributed by atoms with van der Waals surface area (Å²) in [5.41, 5.74) is 0. The van der Waals surface area contributed by atoms with Gasteiger partial charge in [-0.25, -0.2) is 17.5 Å². The van der Waals surface area contributed by atoms with Gasteiger partial charge >= 0.3 is 5.97 Å². The number of nitrogens with one attached hydrogen (secondary N) is 1. The maximum Gasteiger partial charge on any atom is 0.306 e. The Morgan fingerprint density at radius 1 is 1.33 bits per heavy atom. The van der Waals surface area contributed by atoms with Gasteiger partial charge in [0.25, 0.3) is 0 Å². The number of carbonyl (C=O) groups is 1. The van der Waals surface area contributed by atoms with E-state index in [-0.39, 0.29) is 17.4 Å². The molecule has 1 saturated carbocycles. The fourth-order valence-corrected chi connectivity index (χ4v) is 3.84. The molecule has 2 N–H and O–H groups in total. The summed E-state index contributed by atoms with van der Waals surface area (Å²) in [7, 11) is -3.81. The van der Waals surface area contributed by atoms with E-state index in [0.29, 0.717) is 12.8 Å². The van der Waals surface area contributed by atoms with Gasteiger partial charge in [0.2, 0.25) is 10.0 Å². The van der Waals surface area contributed by atoms with Gasteiger partial charge in [-0.2, -0.15) is 0 Å². The molecule has 0 spiro atoms. The van der Waals surface area contributed by atoms with E-state index >= 15 is 0 Å². The van der Waals surface area contributed by atoms with Gasteiger partial charge in [-0.3, -0.25) is 4.79 Å². The second-order valence-corrected chi connectivity index (χ2v) is 7.07. The number of hydrogen-bond acceptors (Lipinski definition) is 3. The first-order valence-electron chi connectivity index (χ1n) is 6.88. The van der Waals surface area contributed by atoms with Crippen LogP contribution in [0.5, 0.6) is 0 Å². The van der Waals surface area contributed by atoms with Crippen molar-refractivity contribution in [3.05, 3.63) is 30.1 Å². The number of benzene rings is 1. The maximum atomic E-state index is 13.1. The van der Waals surface area contributed by atoms with Crippen molar-refractivity contribution in [1.82, 2.24) is 4.72 Å². The lowest BCUT2D eigenvalue weighted by Crippen LogP contribution is -2.37. The third-order valence-electron chi connectivity index (χ3n) is 3.87. The lowest BCUT2D eigenvalue weighted by atomic mass is 9.79. The fourth-order valence-electron chi connectivity index (χ4n) is 2.71. The van der Waals surface area contributed by atoms with Crippen LogP contribution in [0.25, 0.3) is 0 Å². The summed E-state index contributed by atoms with van der Waals surface area (Å²) in [6.07, 6.45) is 3.00. The number of halogens is 1. The second kappa shape index (κ2) is 6.53. The summed E-state index contributed by atoms with van der Waals surface area (Å²) in [6.45, 7) is 0.0653. The number of carboxylic acid groups (broad SMARTS) is 1. The molecule has 21 heavy (non-hydrogen) atoms. The van der Waals surface area contributed by atoms with Gasteiger partial charge < -0.3 is 5.11 Å². The third kappa shape index (κ3) is 4.01. The van der Waals surface area contributed by atoms with Crippen LogP contribution in [0.2, 0.25) is 0 Å². The molecule has 0 bridgehead atoms. The fraction of sp³-hybridized carbons (Fsp3) is 0.500. The summed E-state index contributed by atoms with van der Waals surface area (Å²) in [5.74, 6) is -2.25. The molecule has 1 aromatic rings. The lowest BCUT2D eigenvalue weighted by molar-refractivity contribution is -0.144. The van der Waals surface area contributed by atoms with Crippen LogP contribution in [0.3, 0.4) is 0 Å². The Morgan fingerprint density at radius 2 is 2.05 bits per heavy atom. The lowest BCUT2D eigenvalue weighted by Gasteiger charge is -2.28. The second-order valence-electron chi connectivity index (χ2n) is 5.30. The molecule has 2 unspecified atom stereocenters. The summed E-state index contributed by atoms with van der Waals surface area (Å²) >= 11 is 0. The molecule has 1 aliphatic carbocycles. The summed E-state index contributed by atoms with van der Waals surface area (Å²) in [4.78, 5) is 11.0. The van der Waals surface area contributed by atoms with Crippen LogP contribution < -0.4 is 4.72 Å². The quantitative estimate of drug-likeness (QED) is 0.870. The zero-order valence-corrected chi connectivity index (χ0v) is 12.3. The molecule has 116 valence electrons. The SMILES string of the molecule is O=C(O)C1CCCCC1CNS(=O)(=O)c1cccc(F)c1. The third-order valence-corrected chi connectivity index (χ3v) is 5.29. The minimum atomic E-state index is -3.81. The van der Waals surface area contributed by atoms with E-state index in [4.69, 9.17) is 5.11 Å². The topological polar surface area (TPSA) is 83.5 Å². The maximum absolute atomic E-state index is 13.1. The molecule has 0 heterocycles. The van der Waals surface area contributed by atoms with Crippen LogP contribution in [0, 0.1) is 17.7 Å². The molecule has 0 radical (unpaired) electrons. The molecule has 7 heteroatoms. The van der Waals surface area contributed by atoms with Crippen molar-refractivity contribution in [3.8, 4) is 0 Å². The number of aliphatic carboxylic acids is 1. The van der Waals surface area contributed by atoms with E-state index in [2.05, 4.69) is 4.72 Å². The van der Waals surface area contributed by atoms with Crippen LogP contribution in [0.15, 0.2) is 29.2 Å². The highest BCUT2D eigenvalue weighted by Crippen LogP contribution is 2.30. The Kier molecular flexibility index (Phi) is 4.95. The van der Waals surface area contributed by atoms with Crippen molar-refractivity contribution in [3.63, 3.8) is 0 Å². The predicted molar refractivity (Wildman–Crippen MR) is 74.7 cm³/mol. The molecule has 0 amide bonds. The first kappa shape index (κ1) is 15.9. The summed E-state index contributed by atoms with van der Waals surface area (Å²) in [5, 5.41) is 9.16. The van der Waals surface area contributed by atoms with E-state index in [0.717, 1.165) is 18.9 Å². The predicted octanol–water partition coefficient (Wildman–Crippen LogP) is 2.00. The number of carboxylic acids is 1. The van der Waals surface area contributed by atoms with Crippen LogP contribution in [0.1, 0.15) is 25.7 Å². The van der Waals surface area contributed by atoms with Gasteiger partial charge in [0.15, 0.2) is 0 Å². The molecule has 0 aromatic heterocycles. The Labute approximate surface area is 123 Å². The molecule has 0 aliphatic heterocycles. The number of hydrogen-bond donors (Lipinski definition) is 2. The van der Waals surface area contributed by atoms with Crippen molar-refractivity contribution in [2.75, 3.05) is 6.54 Å². The standard InChI is InChI=1S/C14H18FNO4S/c15-11-5-3-6-12(8-11)21(19,20)16-9-10-4-1-2-7-13(10)14(17)18/h3,5-6,8,10,13,16H,1-2,4,7,9H2,(H,17,18). The van der Waals surface area contributed by atoms with Crippen LogP contribution in [0.4, 0.5) is 4.39 Å². The van der Waals surface area contributed by atoms with Gasteiger partial charge in [0.1, 0.15) is 5.82 Å². The van der Waals surface area contributed by atoms with Crippen LogP contribution >= 0.6 is 0 Å². The number of rotatable bonds is 5. The normalized spacial score (nSPS) is 22.9. The largest absolute Gasteiger partial charge is 0.481 e. The molecular formula is C14H18FNO4S. The van der Waals surface area contributed by atoms with Crippen molar-refractivity contribution >= 4 is 16.0 Å². The zero-order valence-electron chi connectivity index (χ0n) is 11.5. The Morgan fingerprint density at radius 3 is 2.71 bits per heavy atom. The van der Waals surface area contributed by atoms with Gasteiger partial charge in [0.05, 0.1) is 10.8 Å². The monoisotopic (exact) mass is 315 g/mol. The highest BCUT2D eigenvalue weighted by atomic mass is 32.2. The van der Waals surface area contributed by atoms with Gasteiger partial charge in [-0.05, 0) is 37.0 Å². The first-order valence-corrected chi connectivity index (χ1v) is 8.36. The smallest absolute Gasteiger partial charge is 0.306 e. The van der Waals surface area contributed by atoms with Gasteiger partial charge in [0, 0.05) is 6.54 Å². The molecular weight excluding hydrogens is 297 g/mol. The Balaban J connectivity index is 2.05. The summed E-state index contributed by atoms with van der Waals surface area (Å²) < 4.78 is 39.6. The highest BCUT2D eigenvalue weighted by Gasteiger charge is 2.31. The van der Waals surface area contributed by atoms with E-state index in [9.17, 15) is 17.6 Å². The van der Waals surface area contributed by atoms with Crippen molar-refractivity contribution in [1.29, 1.82) is 0 Å². The minimum Gasteiger partial charge on any atom is -0.481 e. The molecule has 2 atom stereocenters. The number of sulfonamides is 1. The molecule has 2 rings (SSSR count). The minimum absolute atomic E-state index is 0.0653. The van der Waals surface area contributed by atoms with E-state index in [1.807, 2.05) is 0 Å². The Bertz CT molecular complexity index is 617. The van der Waals surface area contributed by atoms with E-state index in [1.54, 1.807) is 0 Å². The molecule has 1 aromatic carbocycles. The summed E-state index contributed by atoms with van der Waals surface area (Å²) in [6, 6.07) is 4.74. The van der Waals surface area contributed by atoms with E-state index < -0.39 is 27.7 Å². The van der Waals surface area contributed by atoms with Gasteiger partial charge in [-0.1, -0.05) is 18.9 Å². The average molecular weight is 315 g/mol. The zero-order chi connectivity index (χ0) is 15.5. The molecule has 1 fully saturated rings. The average Bonchev–Trinajstić information content (AvgIpc) is 2.45. The van der Waals surface area contributed by atoms with Crippen molar-refractivity contribution < 1.29 is 22.7 Å². The molecule has 5 nitrogen and oxygen atoms in total. The van der Waals surface area contributed by atoms with Crippen molar-refractivity contribution in [2.45, 2.75) is 30.6 Å². The van der Waals surface area contributed by atoms with Crippen LogP contribution in [-0.4, -0.2) is 26.0 Å². The molecule has 0 saturated heterocycles. The van der Waals surface area contributed by atoms with Crippen LogP contribution in [-0.2, 0) is 14.8 Å². The first-order chi connectivity index (χ1) is 9.90. The molecule has 1 aliphatic rings. The van der Waals surface area contributed by atoms with E-state index in [1.165, 1.54) is 18.2 Å². The van der Waals surface area contributed by atoms with Gasteiger partial charge in [-0.15, -0.1) is 0 Å². The van der Waals surface area contributed by atoms with Crippen molar-refractivity contribution in [2.24, 2.45) is 11.8 Å². The Hall–Kier alpha value is -1.47.